The molecular formula is C16H13F3O2. The van der Waals surface area contributed by atoms with Gasteiger partial charge in [0.2, 0.25) is 0 Å². The van der Waals surface area contributed by atoms with Gasteiger partial charge in [-0.1, -0.05) is 12.1 Å². The van der Waals surface area contributed by atoms with Crippen LogP contribution in [0.1, 0.15) is 22.3 Å². The van der Waals surface area contributed by atoms with Crippen LogP contribution in [-0.4, -0.2) is 12.4 Å². The van der Waals surface area contributed by atoms with Crippen molar-refractivity contribution >= 4 is 5.78 Å². The molecule has 110 valence electrons. The fraction of sp³-hybridized carbons (Fsp3) is 0.188. The second kappa shape index (κ2) is 6.43. The zero-order chi connectivity index (χ0) is 15.4. The molecule has 0 aliphatic heterocycles. The van der Waals surface area contributed by atoms with Gasteiger partial charge in [0.25, 0.3) is 0 Å². The number of rotatable bonds is 5. The van der Waals surface area contributed by atoms with Gasteiger partial charge in [0.1, 0.15) is 5.75 Å². The van der Waals surface area contributed by atoms with Crippen molar-refractivity contribution in [1.29, 1.82) is 0 Å². The molecule has 0 fully saturated rings. The number of ether oxygens (including phenoxy) is 1. The third-order valence-electron chi connectivity index (χ3n) is 2.92. The lowest BCUT2D eigenvalue weighted by atomic mass is 10.1. The van der Waals surface area contributed by atoms with E-state index in [1.807, 2.05) is 19.1 Å². The van der Waals surface area contributed by atoms with Crippen molar-refractivity contribution in [2.45, 2.75) is 13.3 Å². The number of ketones is 1. The molecule has 0 aliphatic carbocycles. The Morgan fingerprint density at radius 2 is 1.86 bits per heavy atom. The summed E-state index contributed by atoms with van der Waals surface area (Å²) in [6, 6.07) is 8.89. The Hall–Kier alpha value is -2.30. The van der Waals surface area contributed by atoms with Crippen LogP contribution in [0.4, 0.5) is 13.2 Å². The number of halogens is 3. The third-order valence-corrected chi connectivity index (χ3v) is 2.92. The van der Waals surface area contributed by atoms with Gasteiger partial charge in [-0.15, -0.1) is 0 Å². The Kier molecular flexibility index (Phi) is 4.62. The average Bonchev–Trinajstić information content (AvgIpc) is 2.45. The Morgan fingerprint density at radius 1 is 1.10 bits per heavy atom. The molecule has 2 rings (SSSR count). The number of carbonyl (C=O) groups excluding carboxylic acids is 1. The highest BCUT2D eigenvalue weighted by Gasteiger charge is 2.18. The van der Waals surface area contributed by atoms with E-state index in [-0.39, 0.29) is 13.0 Å². The van der Waals surface area contributed by atoms with E-state index in [2.05, 4.69) is 0 Å². The molecule has 0 unspecified atom stereocenters. The lowest BCUT2D eigenvalue weighted by Gasteiger charge is -2.07. The topological polar surface area (TPSA) is 26.3 Å². The van der Waals surface area contributed by atoms with Crippen LogP contribution in [-0.2, 0) is 0 Å². The molecule has 5 heteroatoms. The Bertz CT molecular complexity index is 669. The monoisotopic (exact) mass is 294 g/mol. The van der Waals surface area contributed by atoms with Gasteiger partial charge >= 0.3 is 0 Å². The Labute approximate surface area is 120 Å². The maximum atomic E-state index is 13.4. The first-order valence-electron chi connectivity index (χ1n) is 6.35. The third kappa shape index (κ3) is 3.62. The predicted molar refractivity (Wildman–Crippen MR) is 71.9 cm³/mol. The molecule has 0 radical (unpaired) electrons. The van der Waals surface area contributed by atoms with E-state index in [4.69, 9.17) is 4.74 Å². The lowest BCUT2D eigenvalue weighted by molar-refractivity contribution is 0.0957. The van der Waals surface area contributed by atoms with Gasteiger partial charge in [-0.05, 0) is 36.8 Å². The first-order valence-corrected chi connectivity index (χ1v) is 6.35. The van der Waals surface area contributed by atoms with Crippen molar-refractivity contribution in [2.75, 3.05) is 6.61 Å². The van der Waals surface area contributed by atoms with Gasteiger partial charge in [-0.3, -0.25) is 4.79 Å². The summed E-state index contributed by atoms with van der Waals surface area (Å²) in [5.74, 6) is -4.47. The smallest absolute Gasteiger partial charge is 0.195 e. The molecule has 0 bridgehead atoms. The van der Waals surface area contributed by atoms with E-state index in [1.54, 1.807) is 12.1 Å². The summed E-state index contributed by atoms with van der Waals surface area (Å²) in [5, 5.41) is 0. The van der Waals surface area contributed by atoms with Crippen LogP contribution in [0.25, 0.3) is 0 Å². The summed E-state index contributed by atoms with van der Waals surface area (Å²) in [7, 11) is 0. The van der Waals surface area contributed by atoms with E-state index in [1.165, 1.54) is 0 Å². The molecule has 0 amide bonds. The van der Waals surface area contributed by atoms with Crippen molar-refractivity contribution < 1.29 is 22.7 Å². The molecule has 0 atom stereocenters. The normalized spacial score (nSPS) is 10.5. The summed E-state index contributed by atoms with van der Waals surface area (Å²) in [6.07, 6.45) is -0.129. The first-order chi connectivity index (χ1) is 9.99. The second-order valence-corrected chi connectivity index (χ2v) is 4.56. The number of carbonyl (C=O) groups is 1. The maximum Gasteiger partial charge on any atom is 0.195 e. The molecule has 2 aromatic rings. The van der Waals surface area contributed by atoms with E-state index in [9.17, 15) is 18.0 Å². The minimum Gasteiger partial charge on any atom is -0.493 e. The molecule has 2 aromatic carbocycles. The standard InChI is InChI=1S/C16H13F3O2/c1-10-3-2-4-11(9-10)21-8-7-14(20)12-5-6-13(17)16(19)15(12)18/h2-6,9H,7-8H2,1H3. The summed E-state index contributed by atoms with van der Waals surface area (Å²) in [4.78, 5) is 11.8. The first kappa shape index (κ1) is 15.1. The van der Waals surface area contributed by atoms with Gasteiger partial charge < -0.3 is 4.74 Å². The van der Waals surface area contributed by atoms with Crippen LogP contribution < -0.4 is 4.74 Å². The largest absolute Gasteiger partial charge is 0.493 e. The van der Waals surface area contributed by atoms with Crippen molar-refractivity contribution in [3.8, 4) is 5.75 Å². The van der Waals surface area contributed by atoms with E-state index in [0.29, 0.717) is 5.75 Å². The molecule has 21 heavy (non-hydrogen) atoms. The van der Waals surface area contributed by atoms with Gasteiger partial charge in [-0.2, -0.15) is 0 Å². The zero-order valence-corrected chi connectivity index (χ0v) is 11.3. The van der Waals surface area contributed by atoms with Crippen molar-refractivity contribution in [3.05, 3.63) is 65.0 Å². The van der Waals surface area contributed by atoms with Gasteiger partial charge in [0, 0.05) is 6.42 Å². The van der Waals surface area contributed by atoms with Crippen LogP contribution in [0.5, 0.6) is 5.75 Å². The molecule has 0 saturated heterocycles. The van der Waals surface area contributed by atoms with E-state index < -0.39 is 28.8 Å². The van der Waals surface area contributed by atoms with E-state index >= 15 is 0 Å². The zero-order valence-electron chi connectivity index (χ0n) is 11.3. The quantitative estimate of drug-likeness (QED) is 0.614. The fourth-order valence-corrected chi connectivity index (χ4v) is 1.84. The Balaban J connectivity index is 1.98. The highest BCUT2D eigenvalue weighted by atomic mass is 19.2. The molecule has 0 spiro atoms. The number of Topliss-reactive ketones (excluding diaryl/α,β-unsaturated/α-hetero) is 1. The summed E-state index contributed by atoms with van der Waals surface area (Å²) < 4.78 is 44.6. The minimum absolute atomic E-state index is 0.0285. The number of aryl methyl sites for hydroxylation is 1. The summed E-state index contributed by atoms with van der Waals surface area (Å²) in [6.45, 7) is 1.93. The second-order valence-electron chi connectivity index (χ2n) is 4.56. The Morgan fingerprint density at radius 3 is 2.57 bits per heavy atom. The van der Waals surface area contributed by atoms with Crippen LogP contribution in [0, 0.1) is 24.4 Å². The number of hydrogen-bond donors (Lipinski definition) is 0. The van der Waals surface area contributed by atoms with Crippen LogP contribution in [0.15, 0.2) is 36.4 Å². The van der Waals surface area contributed by atoms with Gasteiger partial charge in [-0.25, -0.2) is 13.2 Å². The molecule has 0 saturated carbocycles. The van der Waals surface area contributed by atoms with Gasteiger partial charge in [0.05, 0.1) is 12.2 Å². The summed E-state index contributed by atoms with van der Waals surface area (Å²) >= 11 is 0. The van der Waals surface area contributed by atoms with Crippen molar-refractivity contribution in [1.82, 2.24) is 0 Å². The minimum atomic E-state index is -1.64. The fourth-order valence-electron chi connectivity index (χ4n) is 1.84. The van der Waals surface area contributed by atoms with Gasteiger partial charge in [0.15, 0.2) is 23.2 Å². The summed E-state index contributed by atoms with van der Waals surface area (Å²) in [5.41, 5.74) is 0.534. The molecule has 0 heterocycles. The number of hydrogen-bond acceptors (Lipinski definition) is 2. The highest BCUT2D eigenvalue weighted by Crippen LogP contribution is 2.17. The predicted octanol–water partition coefficient (Wildman–Crippen LogP) is 4.06. The molecule has 0 aliphatic rings. The van der Waals surface area contributed by atoms with Crippen LogP contribution in [0.3, 0.4) is 0 Å². The SMILES string of the molecule is Cc1cccc(OCCC(=O)c2ccc(F)c(F)c2F)c1. The van der Waals surface area contributed by atoms with Crippen molar-refractivity contribution in [2.24, 2.45) is 0 Å². The van der Waals surface area contributed by atoms with Crippen LogP contribution in [0.2, 0.25) is 0 Å². The average molecular weight is 294 g/mol. The van der Waals surface area contributed by atoms with E-state index in [0.717, 1.165) is 17.7 Å². The maximum absolute atomic E-state index is 13.4. The molecule has 2 nitrogen and oxygen atoms in total. The lowest BCUT2D eigenvalue weighted by Crippen LogP contribution is -2.10. The highest BCUT2D eigenvalue weighted by molar-refractivity contribution is 5.96. The molecule has 0 aromatic heterocycles. The van der Waals surface area contributed by atoms with Crippen molar-refractivity contribution in [3.63, 3.8) is 0 Å². The number of benzene rings is 2. The van der Waals surface area contributed by atoms with Crippen LogP contribution >= 0.6 is 0 Å². The molecule has 0 N–H and O–H groups in total. The molecular weight excluding hydrogens is 281 g/mol.